The predicted octanol–water partition coefficient (Wildman–Crippen LogP) is 9.82. The van der Waals surface area contributed by atoms with Gasteiger partial charge in [0.05, 0.1) is 85.5 Å². The molecule has 70 heavy (non-hydrogen) atoms. The summed E-state index contributed by atoms with van der Waals surface area (Å²) >= 11 is 0. The lowest BCUT2D eigenvalue weighted by Crippen LogP contribution is -2.59. The molecule has 0 spiro atoms. The summed E-state index contributed by atoms with van der Waals surface area (Å²) in [5.41, 5.74) is 0. The molecule has 14 heteroatoms. The topological polar surface area (TPSA) is 129 Å². The Labute approximate surface area is 422 Å². The molecule has 21 fully saturated rings. The first kappa shape index (κ1) is 55.7. The summed E-state index contributed by atoms with van der Waals surface area (Å²) in [5.74, 6) is 1.37. The third-order valence-corrected chi connectivity index (χ3v) is 20.2. The monoisotopic (exact) mass is 995 g/mol. The molecule has 0 aromatic carbocycles. The second kappa shape index (κ2) is 22.2. The quantitative estimate of drug-likeness (QED) is 0.228. The molecule has 21 aliphatic heterocycles. The molecule has 21 heterocycles. The highest BCUT2D eigenvalue weighted by Gasteiger charge is 2.54. The lowest BCUT2D eigenvalue weighted by molar-refractivity contribution is -0.364. The lowest BCUT2D eigenvalue weighted by Gasteiger charge is -2.51. The molecule has 0 aliphatic carbocycles. The van der Waals surface area contributed by atoms with Crippen molar-refractivity contribution in [3.05, 3.63) is 0 Å². The van der Waals surface area contributed by atoms with E-state index in [0.29, 0.717) is 0 Å². The zero-order chi connectivity index (χ0) is 51.1. The van der Waals surface area contributed by atoms with Gasteiger partial charge in [-0.25, -0.2) is 0 Å². The number of hydrogen-bond donors (Lipinski definition) is 0. The van der Waals surface area contributed by atoms with Crippen molar-refractivity contribution in [3.8, 4) is 0 Å². The van der Waals surface area contributed by atoms with E-state index in [1.54, 1.807) is 0 Å². The molecule has 21 saturated heterocycles. The highest BCUT2D eigenvalue weighted by molar-refractivity contribution is 4.96. The van der Waals surface area contributed by atoms with Crippen LogP contribution in [0.2, 0.25) is 0 Å². The van der Waals surface area contributed by atoms with Crippen LogP contribution in [0.4, 0.5) is 0 Å². The van der Waals surface area contributed by atoms with Crippen molar-refractivity contribution >= 4 is 0 Å². The first-order valence-corrected chi connectivity index (χ1v) is 28.1. The molecule has 14 bridgehead atoms. The minimum Gasteiger partial charge on any atom is -0.347 e. The summed E-state index contributed by atoms with van der Waals surface area (Å²) in [6.45, 7) is 46.0. The van der Waals surface area contributed by atoms with Crippen molar-refractivity contribution in [2.75, 3.05) is 0 Å². The van der Waals surface area contributed by atoms with Crippen LogP contribution in [0.25, 0.3) is 0 Å². The van der Waals surface area contributed by atoms with Gasteiger partial charge in [0, 0.05) is 41.4 Å². The van der Waals surface area contributed by atoms with E-state index in [9.17, 15) is 0 Å². The molecule has 21 rings (SSSR count). The van der Waals surface area contributed by atoms with Gasteiger partial charge >= 0.3 is 0 Å². The molecule has 14 unspecified atom stereocenters. The van der Waals surface area contributed by atoms with E-state index in [1.807, 2.05) is 0 Å². The summed E-state index contributed by atoms with van der Waals surface area (Å²) in [7, 11) is 0. The maximum Gasteiger partial charge on any atom is 0.161 e. The number of ether oxygens (including phenoxy) is 14. The van der Waals surface area contributed by atoms with Gasteiger partial charge in [-0.3, -0.25) is 0 Å². The minimum absolute atomic E-state index is 0.0576. The molecular formula is C56H98O14. The van der Waals surface area contributed by atoms with Crippen LogP contribution >= 0.6 is 0 Å². The fourth-order valence-corrected chi connectivity index (χ4v) is 13.5. The Morgan fingerprint density at radius 2 is 0.229 bits per heavy atom. The molecule has 14 nitrogen and oxygen atoms in total. The first-order valence-electron chi connectivity index (χ1n) is 28.1. The maximum absolute atomic E-state index is 6.97. The third kappa shape index (κ3) is 10.6. The fraction of sp³-hybridized carbons (Fsp3) is 1.00. The fourth-order valence-electron chi connectivity index (χ4n) is 13.5. The van der Waals surface area contributed by atoms with Gasteiger partial charge in [0.1, 0.15) is 0 Å². The van der Waals surface area contributed by atoms with E-state index < -0.39 is 44.0 Å². The molecule has 21 aliphatic rings. The average molecular weight is 995 g/mol. The van der Waals surface area contributed by atoms with Crippen molar-refractivity contribution in [2.24, 2.45) is 82.9 Å². The molecule has 0 aromatic rings. The van der Waals surface area contributed by atoms with Crippen LogP contribution in [0.3, 0.4) is 0 Å². The van der Waals surface area contributed by atoms with Gasteiger partial charge in [0.15, 0.2) is 44.0 Å². The standard InChI is InChI=1S/C56H98O14/c1-22-29(8)50-57-36(15)43(22)64-51-30(9)23(2)45(38(17)58-51)66-53-32(11)25(4)47(40(19)60-53)68-55-34(13)27(6)49(42(21)62-55)70-56-35(14)28(7)48(41(20)63-56)69-54-33(12)26(5)46(39(18)61-54)67-52-31(10)24(3)44(65-50)37(16)59-52/h22-56H,1-21H3/t22-,23-,24-,25-,26-,27-,28-,29?,30?,31?,32?,33?,34?,35?,36?,37?,38?,39?,40?,41?,42?,43+,44+,45+,46+,47+,48+,49+,50-,51-,52-,53-,54+,55+,56-/m1/s1. The highest BCUT2D eigenvalue weighted by atomic mass is 16.8. The van der Waals surface area contributed by atoms with Gasteiger partial charge in [-0.2, -0.15) is 0 Å². The summed E-state index contributed by atoms with van der Waals surface area (Å²) in [6.07, 6.45) is -5.78. The summed E-state index contributed by atoms with van der Waals surface area (Å²) in [4.78, 5) is 0. The van der Waals surface area contributed by atoms with Crippen molar-refractivity contribution in [3.63, 3.8) is 0 Å². The summed E-state index contributed by atoms with van der Waals surface area (Å²) in [5, 5.41) is 0. The van der Waals surface area contributed by atoms with Crippen molar-refractivity contribution in [1.82, 2.24) is 0 Å². The van der Waals surface area contributed by atoms with E-state index in [-0.39, 0.29) is 168 Å². The molecular weight excluding hydrogens is 897 g/mol. The Kier molecular flexibility index (Phi) is 17.6. The van der Waals surface area contributed by atoms with Gasteiger partial charge in [-0.1, -0.05) is 96.9 Å². The van der Waals surface area contributed by atoms with Crippen molar-refractivity contribution in [1.29, 1.82) is 0 Å². The van der Waals surface area contributed by atoms with Crippen LogP contribution in [0.15, 0.2) is 0 Å². The van der Waals surface area contributed by atoms with Crippen molar-refractivity contribution in [2.45, 2.75) is 275 Å². The van der Waals surface area contributed by atoms with Crippen LogP contribution < -0.4 is 0 Å². The highest BCUT2D eigenvalue weighted by Crippen LogP contribution is 2.46. The van der Waals surface area contributed by atoms with E-state index in [1.165, 1.54) is 0 Å². The molecule has 0 saturated carbocycles. The van der Waals surface area contributed by atoms with Gasteiger partial charge in [-0.15, -0.1) is 0 Å². The Balaban J connectivity index is 1.02. The van der Waals surface area contributed by atoms with Crippen LogP contribution in [0.5, 0.6) is 0 Å². The second-order valence-electron chi connectivity index (χ2n) is 24.7. The number of hydrogen-bond acceptors (Lipinski definition) is 14. The van der Waals surface area contributed by atoms with Crippen LogP contribution in [0, 0.1) is 82.9 Å². The first-order chi connectivity index (χ1) is 32.9. The SMILES string of the molecule is CC1[C@@H]2OC(C)[C@@H](O[C@H]3OC(C)[C@@H](O[C@H]4OC(C)[C@@H](O[C@@H]5OC(C)[C@@H](O[C@H]6OC(C)[C@@H](O[C@@H]7OC(C)[C@@H](O[C@H]8OC(C)[C@@H](O2)[C@H](C)C8C)[C@H](C)C7C)[C@H](C)C6C)[C@H](C)C5C)[C@H](C)C4C)[C@H](C)C3C)[C@@H]1C. The van der Waals surface area contributed by atoms with Crippen LogP contribution in [-0.4, -0.2) is 129 Å². The van der Waals surface area contributed by atoms with Crippen LogP contribution in [0.1, 0.15) is 145 Å². The summed E-state index contributed by atoms with van der Waals surface area (Å²) < 4.78 is 96.1. The van der Waals surface area contributed by atoms with Crippen molar-refractivity contribution < 1.29 is 66.3 Å². The zero-order valence-electron chi connectivity index (χ0n) is 46.9. The van der Waals surface area contributed by atoms with E-state index in [2.05, 4.69) is 145 Å². The van der Waals surface area contributed by atoms with Gasteiger partial charge in [0.2, 0.25) is 0 Å². The normalized spacial score (nSPS) is 59.7. The number of rotatable bonds is 0. The van der Waals surface area contributed by atoms with Crippen LogP contribution in [-0.2, 0) is 66.3 Å². The second-order valence-corrected chi connectivity index (χ2v) is 24.7. The molecule has 0 amide bonds. The van der Waals surface area contributed by atoms with Gasteiger partial charge in [-0.05, 0) is 89.9 Å². The maximum atomic E-state index is 6.97. The van der Waals surface area contributed by atoms with E-state index in [0.717, 1.165) is 0 Å². The predicted molar refractivity (Wildman–Crippen MR) is 263 cm³/mol. The minimum atomic E-state index is -0.419. The molecule has 0 radical (unpaired) electrons. The Hall–Kier alpha value is -0.560. The third-order valence-electron chi connectivity index (χ3n) is 20.2. The largest absolute Gasteiger partial charge is 0.347 e. The zero-order valence-corrected chi connectivity index (χ0v) is 46.9. The van der Waals surface area contributed by atoms with E-state index >= 15 is 0 Å². The lowest BCUT2D eigenvalue weighted by atomic mass is 9.81. The Bertz CT molecular complexity index is 1360. The molecule has 406 valence electrons. The Morgan fingerprint density at radius 1 is 0.129 bits per heavy atom. The molecule has 35 atom stereocenters. The van der Waals surface area contributed by atoms with Gasteiger partial charge in [0.25, 0.3) is 0 Å². The van der Waals surface area contributed by atoms with E-state index in [4.69, 9.17) is 66.3 Å². The molecule has 0 N–H and O–H groups in total. The smallest absolute Gasteiger partial charge is 0.161 e. The average Bonchev–Trinajstić information content (AvgIpc) is 3.31. The summed E-state index contributed by atoms with van der Waals surface area (Å²) in [6, 6.07) is 0. The molecule has 0 aromatic heterocycles. The van der Waals surface area contributed by atoms with Gasteiger partial charge < -0.3 is 66.3 Å². The Morgan fingerprint density at radius 3 is 0.329 bits per heavy atom.